The molecule has 2 saturated heterocycles. The van der Waals surface area contributed by atoms with E-state index in [1.165, 1.54) is 89.7 Å². The van der Waals surface area contributed by atoms with Crippen LogP contribution in [-0.4, -0.2) is 134 Å². The van der Waals surface area contributed by atoms with Gasteiger partial charge in [-0.3, -0.25) is 0 Å². The first-order chi connectivity index (χ1) is 39.3. The van der Waals surface area contributed by atoms with Gasteiger partial charge in [-0.15, -0.1) is 0 Å². The van der Waals surface area contributed by atoms with Gasteiger partial charge in [-0.25, -0.2) is 8.78 Å². The van der Waals surface area contributed by atoms with Gasteiger partial charge < -0.3 is 58.4 Å². The van der Waals surface area contributed by atoms with Crippen LogP contribution in [-0.2, 0) is 0 Å². The minimum Gasteiger partial charge on any atom is -0.505 e. The predicted molar refractivity (Wildman–Crippen MR) is 309 cm³/mol. The van der Waals surface area contributed by atoms with Crippen LogP contribution >= 0.6 is 23.2 Å². The van der Waals surface area contributed by atoms with Crippen LogP contribution in [0.2, 0.25) is 10.0 Å². The molecule has 12 rings (SSSR count). The number of likely N-dealkylation sites (tertiary alicyclic amines) is 2. The number of aromatic nitrogens is 8. The highest BCUT2D eigenvalue weighted by molar-refractivity contribution is 6.35. The number of hydrogen-bond donors (Lipinski definition) is 4. The first-order valence-corrected chi connectivity index (χ1v) is 27.2. The van der Waals surface area contributed by atoms with E-state index in [0.717, 1.165) is 48.2 Å². The van der Waals surface area contributed by atoms with Crippen molar-refractivity contribution in [3.63, 3.8) is 0 Å². The summed E-state index contributed by atoms with van der Waals surface area (Å²) >= 11 is 12.0. The van der Waals surface area contributed by atoms with Gasteiger partial charge in [0.05, 0.1) is 79.6 Å². The van der Waals surface area contributed by atoms with Crippen molar-refractivity contribution >= 4 is 77.7 Å². The Labute approximate surface area is 475 Å². The first kappa shape index (κ1) is 57.6. The third-order valence-corrected chi connectivity index (χ3v) is 14.3. The number of aromatic amines is 2. The molecule has 10 aromatic rings. The Balaban J connectivity index is 0.000000142. The van der Waals surface area contributed by atoms with Crippen molar-refractivity contribution in [2.24, 2.45) is 0 Å². The molecule has 0 aliphatic carbocycles. The molecule has 5 aromatic carbocycles. The molecule has 0 radical (unpaired) electrons. The summed E-state index contributed by atoms with van der Waals surface area (Å²) in [5.74, 6) is 2.15. The van der Waals surface area contributed by atoms with E-state index in [4.69, 9.17) is 56.7 Å². The van der Waals surface area contributed by atoms with E-state index in [2.05, 4.69) is 50.4 Å². The van der Waals surface area contributed by atoms with Crippen molar-refractivity contribution in [2.45, 2.75) is 52.4 Å². The number of hydrogen-bond acceptors (Lipinski definition) is 16. The maximum Gasteiger partial charge on any atom is 0.175 e. The monoisotopic (exact) mass is 1150 g/mol. The highest BCUT2D eigenvalue weighted by Gasteiger charge is 2.18. The van der Waals surface area contributed by atoms with E-state index in [9.17, 15) is 9.50 Å². The van der Waals surface area contributed by atoms with E-state index in [1.807, 2.05) is 26.0 Å². The summed E-state index contributed by atoms with van der Waals surface area (Å²) in [7, 11) is 4.69. The molecular weight excluding hydrogens is 1090 g/mol. The smallest absolute Gasteiger partial charge is 0.175 e. The summed E-state index contributed by atoms with van der Waals surface area (Å²) < 4.78 is 61.9. The van der Waals surface area contributed by atoms with Gasteiger partial charge >= 0.3 is 0 Å². The van der Waals surface area contributed by atoms with Crippen LogP contribution < -0.4 is 28.4 Å². The van der Waals surface area contributed by atoms with Crippen LogP contribution in [0.1, 0.15) is 49.9 Å². The Bertz CT molecular complexity index is 3780. The van der Waals surface area contributed by atoms with Crippen molar-refractivity contribution < 1.29 is 47.4 Å². The lowest BCUT2D eigenvalue weighted by Crippen LogP contribution is -2.21. The molecule has 5 aromatic heterocycles. The standard InChI is InChI=1S/C25H27FN4O3.C16H20ClN3O2.C9H7ClN2O2.C9H8FNO/c1-16-12-18-19(28-16)6-7-21(25(18)26)33-24-15-27-29-20-14-23(22(31-2)13-17(20)24)32-11-5-10-30-8-3-4-9-30;1-21-15-9-12-13(17)11-18-19-14(12)10-16(15)22-8-4-7-20-5-2-3-6-20;1-14-9-2-5-6(10)4-11-12-7(5)3-8(9)13;1-5-4-6-7(11-5)2-3-8(12)9(6)10/h6-7,12-15,28H,3-5,8-11H2,1-2H3;9-11H,2-8H2,1H3;2-4,13H,1H3;2-4,11-12H,1H3. The fraction of sp³-hybridized carbons (Fsp3) is 0.322. The summed E-state index contributed by atoms with van der Waals surface area (Å²) in [6, 6.07) is 20.2. The Morgan fingerprint density at radius 3 is 1.48 bits per heavy atom. The molecule has 22 heteroatoms. The SMILES string of the molecule is COc1cc2c(Cl)cnnc2cc1O.COc1cc2c(Cl)cnnc2cc1OCCCN1CCCC1.COc1cc2c(Oc3ccc4[nH]c(C)cc4c3F)cnnc2cc1OCCCN1CCCC1.Cc1cc2c(F)c(O)ccc2[nH]1. The number of halogens is 4. The topological polar surface area (TPSA) is 211 Å². The second-order valence-corrected chi connectivity index (χ2v) is 20.2. The molecule has 81 heavy (non-hydrogen) atoms. The molecule has 2 aliphatic heterocycles. The molecule has 2 fully saturated rings. The lowest BCUT2D eigenvalue weighted by atomic mass is 10.2. The summed E-state index contributed by atoms with van der Waals surface area (Å²) in [6.07, 6.45) is 11.6. The lowest BCUT2D eigenvalue weighted by Gasteiger charge is -2.16. The van der Waals surface area contributed by atoms with Crippen molar-refractivity contribution in [3.8, 4) is 51.7 Å². The average Bonchev–Trinajstić information content (AvgIpc) is 4.37. The maximum absolute atomic E-state index is 15.0. The second kappa shape index (κ2) is 26.9. The first-order valence-electron chi connectivity index (χ1n) is 26.4. The van der Waals surface area contributed by atoms with Gasteiger partial charge in [-0.2, -0.15) is 30.6 Å². The summed E-state index contributed by atoms with van der Waals surface area (Å²) in [4.78, 5) is 11.0. The number of fused-ring (bicyclic) bond motifs is 5. The van der Waals surface area contributed by atoms with Gasteiger partial charge in [0.25, 0.3) is 0 Å². The second-order valence-electron chi connectivity index (χ2n) is 19.4. The minimum absolute atomic E-state index is 0.0246. The zero-order valence-electron chi connectivity index (χ0n) is 45.5. The van der Waals surface area contributed by atoms with Gasteiger partial charge in [-0.1, -0.05) is 23.2 Å². The zero-order chi connectivity index (χ0) is 57.0. The van der Waals surface area contributed by atoms with Gasteiger partial charge in [0, 0.05) is 75.3 Å². The molecule has 18 nitrogen and oxygen atoms in total. The number of rotatable bonds is 15. The Morgan fingerprint density at radius 2 is 0.951 bits per heavy atom. The summed E-state index contributed by atoms with van der Waals surface area (Å²) in [5, 5.41) is 46.4. The van der Waals surface area contributed by atoms with Crippen molar-refractivity contribution in [1.29, 1.82) is 0 Å². The Kier molecular flexibility index (Phi) is 19.2. The minimum atomic E-state index is -0.558. The van der Waals surface area contributed by atoms with Crippen LogP contribution in [0.25, 0.3) is 54.5 Å². The fourth-order valence-corrected chi connectivity index (χ4v) is 10.0. The van der Waals surface area contributed by atoms with Crippen molar-refractivity contribution in [3.05, 3.63) is 124 Å². The highest BCUT2D eigenvalue weighted by atomic mass is 35.5. The number of aromatic hydroxyl groups is 2. The number of phenolic OH excluding ortho intramolecular Hbond substituents is 2. The summed E-state index contributed by atoms with van der Waals surface area (Å²) in [5.41, 5.74) is 5.04. The van der Waals surface area contributed by atoms with Gasteiger partial charge in [-0.05, 0) is 133 Å². The van der Waals surface area contributed by atoms with Crippen molar-refractivity contribution in [2.75, 3.05) is 73.8 Å². The molecule has 0 bridgehead atoms. The molecule has 424 valence electrons. The summed E-state index contributed by atoms with van der Waals surface area (Å²) in [6.45, 7) is 11.9. The average molecular weight is 1150 g/mol. The van der Waals surface area contributed by atoms with Crippen LogP contribution in [0.15, 0.2) is 91.4 Å². The van der Waals surface area contributed by atoms with Gasteiger partial charge in [0.15, 0.2) is 63.4 Å². The van der Waals surface area contributed by atoms with Crippen LogP contribution in [0.4, 0.5) is 8.78 Å². The van der Waals surface area contributed by atoms with Crippen LogP contribution in [0, 0.1) is 25.5 Å². The molecule has 4 N–H and O–H groups in total. The van der Waals surface area contributed by atoms with Crippen LogP contribution in [0.5, 0.6) is 51.7 Å². The zero-order valence-corrected chi connectivity index (χ0v) is 47.0. The molecule has 0 unspecified atom stereocenters. The number of H-pyrrole nitrogens is 2. The Hall–Kier alpha value is -8.04. The van der Waals surface area contributed by atoms with E-state index in [0.29, 0.717) is 101 Å². The maximum atomic E-state index is 15.0. The Morgan fingerprint density at radius 1 is 0.494 bits per heavy atom. The van der Waals surface area contributed by atoms with Crippen molar-refractivity contribution in [1.82, 2.24) is 50.4 Å². The van der Waals surface area contributed by atoms with Gasteiger partial charge in [0.1, 0.15) is 5.52 Å². The highest BCUT2D eigenvalue weighted by Crippen LogP contribution is 2.39. The number of phenols is 2. The van der Waals surface area contributed by atoms with Gasteiger partial charge in [0.2, 0.25) is 0 Å². The quantitative estimate of drug-likeness (QED) is 0.0703. The van der Waals surface area contributed by atoms with E-state index in [1.54, 1.807) is 62.8 Å². The number of nitrogens with one attached hydrogen (secondary N) is 2. The van der Waals surface area contributed by atoms with E-state index >= 15 is 4.39 Å². The molecule has 2 aliphatic rings. The third-order valence-electron chi connectivity index (χ3n) is 13.7. The molecule has 0 amide bonds. The number of nitrogens with zero attached hydrogens (tertiary/aromatic N) is 8. The molecule has 7 heterocycles. The van der Waals surface area contributed by atoms with E-state index in [-0.39, 0.29) is 17.2 Å². The normalized spacial score (nSPS) is 13.4. The number of benzene rings is 5. The lowest BCUT2D eigenvalue weighted by molar-refractivity contribution is 0.254. The fourth-order valence-electron chi connectivity index (χ4n) is 9.64. The molecule has 0 atom stereocenters. The molecule has 0 spiro atoms. The molecule has 0 saturated carbocycles. The number of ether oxygens (including phenoxy) is 6. The largest absolute Gasteiger partial charge is 0.505 e. The molecular formula is C59H62Cl2F2N10O8. The third kappa shape index (κ3) is 14.1. The van der Waals surface area contributed by atoms with E-state index < -0.39 is 11.6 Å². The predicted octanol–water partition coefficient (Wildman–Crippen LogP) is 12.7. The number of aryl methyl sites for hydroxylation is 2. The number of methoxy groups -OCH3 is 3. The van der Waals surface area contributed by atoms with Crippen LogP contribution in [0.3, 0.4) is 0 Å².